The van der Waals surface area contributed by atoms with Gasteiger partial charge in [-0.3, -0.25) is 14.9 Å². The number of ketones is 1. The van der Waals surface area contributed by atoms with Crippen molar-refractivity contribution in [1.82, 2.24) is 0 Å². The summed E-state index contributed by atoms with van der Waals surface area (Å²) >= 11 is 11.6. The first-order valence-electron chi connectivity index (χ1n) is 7.02. The number of nitro groups is 1. The van der Waals surface area contributed by atoms with Crippen molar-refractivity contribution in [1.29, 1.82) is 0 Å². The fourth-order valence-electron chi connectivity index (χ4n) is 1.99. The van der Waals surface area contributed by atoms with Crippen LogP contribution in [0.4, 0.5) is 13.2 Å². The minimum atomic E-state index is -4.63. The van der Waals surface area contributed by atoms with E-state index in [0.29, 0.717) is 12.1 Å². The summed E-state index contributed by atoms with van der Waals surface area (Å²) in [7, 11) is 0. The lowest BCUT2D eigenvalue weighted by Gasteiger charge is -2.13. The maximum atomic E-state index is 12.7. The molecule has 2 rings (SSSR count). The Hall–Kier alpha value is -2.32. The van der Waals surface area contributed by atoms with E-state index in [-0.39, 0.29) is 27.1 Å². The number of halogens is 5. The third-order valence-corrected chi connectivity index (χ3v) is 3.92. The SMILES string of the molecule is CC(C(=O)c1cccc(Oc2c(Cl)cc(C(F)(F)F)cc2Cl)c1)[N+](=O)[O-]. The van der Waals surface area contributed by atoms with Gasteiger partial charge in [-0.05, 0) is 24.3 Å². The average Bonchev–Trinajstić information content (AvgIpc) is 2.55. The summed E-state index contributed by atoms with van der Waals surface area (Å²) in [6.07, 6.45) is -4.63. The minimum absolute atomic E-state index is 0.00542. The van der Waals surface area contributed by atoms with Gasteiger partial charge in [0.1, 0.15) is 5.75 Å². The quantitative estimate of drug-likeness (QED) is 0.364. The molecule has 0 saturated heterocycles. The molecule has 5 nitrogen and oxygen atoms in total. The van der Waals surface area contributed by atoms with E-state index in [4.69, 9.17) is 27.9 Å². The summed E-state index contributed by atoms with van der Waals surface area (Å²) in [5.41, 5.74) is -1.03. The van der Waals surface area contributed by atoms with Gasteiger partial charge in [-0.15, -0.1) is 0 Å². The second-order valence-electron chi connectivity index (χ2n) is 5.22. The predicted octanol–water partition coefficient (Wildman–Crippen LogP) is 5.65. The largest absolute Gasteiger partial charge is 0.454 e. The summed E-state index contributed by atoms with van der Waals surface area (Å²) in [6, 6.07) is 5.24. The number of ether oxygens (including phenoxy) is 1. The van der Waals surface area contributed by atoms with Gasteiger partial charge in [0.05, 0.1) is 15.6 Å². The van der Waals surface area contributed by atoms with Gasteiger partial charge in [0, 0.05) is 17.4 Å². The van der Waals surface area contributed by atoms with Crippen LogP contribution >= 0.6 is 23.2 Å². The summed E-state index contributed by atoms with van der Waals surface area (Å²) in [5, 5.41) is 9.97. The molecule has 0 spiro atoms. The number of alkyl halides is 3. The number of rotatable bonds is 5. The molecular formula is C16H10Cl2F3NO4. The zero-order valence-electron chi connectivity index (χ0n) is 13.0. The highest BCUT2D eigenvalue weighted by Gasteiger charge is 2.32. The lowest BCUT2D eigenvalue weighted by molar-refractivity contribution is -0.500. The van der Waals surface area contributed by atoms with Crippen LogP contribution < -0.4 is 4.74 Å². The van der Waals surface area contributed by atoms with Gasteiger partial charge in [0.15, 0.2) is 5.75 Å². The maximum absolute atomic E-state index is 12.7. The van der Waals surface area contributed by atoms with Gasteiger partial charge >= 0.3 is 6.18 Å². The molecule has 0 bridgehead atoms. The van der Waals surface area contributed by atoms with Crippen LogP contribution in [0.1, 0.15) is 22.8 Å². The molecule has 0 heterocycles. The monoisotopic (exact) mass is 407 g/mol. The van der Waals surface area contributed by atoms with E-state index in [9.17, 15) is 28.1 Å². The summed E-state index contributed by atoms with van der Waals surface area (Å²) in [6.45, 7) is 1.14. The lowest BCUT2D eigenvalue weighted by atomic mass is 10.1. The fourth-order valence-corrected chi connectivity index (χ4v) is 2.55. The summed E-state index contributed by atoms with van der Waals surface area (Å²) < 4.78 is 43.6. The highest BCUT2D eigenvalue weighted by Crippen LogP contribution is 2.41. The average molecular weight is 408 g/mol. The van der Waals surface area contributed by atoms with E-state index < -0.39 is 28.5 Å². The van der Waals surface area contributed by atoms with Gasteiger partial charge in [0.2, 0.25) is 5.78 Å². The van der Waals surface area contributed by atoms with E-state index in [2.05, 4.69) is 0 Å². The number of hydrogen-bond acceptors (Lipinski definition) is 4. The van der Waals surface area contributed by atoms with Crippen LogP contribution in [0.5, 0.6) is 11.5 Å². The number of Topliss-reactive ketones (excluding diaryl/α,β-unsaturated/α-hetero) is 1. The fraction of sp³-hybridized carbons (Fsp3) is 0.188. The molecule has 0 aliphatic heterocycles. The molecule has 2 aromatic rings. The predicted molar refractivity (Wildman–Crippen MR) is 88.8 cm³/mol. The van der Waals surface area contributed by atoms with E-state index in [1.54, 1.807) is 0 Å². The minimum Gasteiger partial charge on any atom is -0.454 e. The van der Waals surface area contributed by atoms with Crippen molar-refractivity contribution in [3.8, 4) is 11.5 Å². The van der Waals surface area contributed by atoms with Crippen LogP contribution in [0.2, 0.25) is 10.0 Å². The third-order valence-electron chi connectivity index (χ3n) is 3.36. The lowest BCUT2D eigenvalue weighted by Crippen LogP contribution is -2.25. The Bertz CT molecular complexity index is 848. The molecular weight excluding hydrogens is 398 g/mol. The topological polar surface area (TPSA) is 69.4 Å². The van der Waals surface area contributed by atoms with Gasteiger partial charge in [-0.1, -0.05) is 35.3 Å². The molecule has 0 aromatic heterocycles. The van der Waals surface area contributed by atoms with Crippen LogP contribution in [0.15, 0.2) is 36.4 Å². The Balaban J connectivity index is 2.34. The van der Waals surface area contributed by atoms with Crippen molar-refractivity contribution < 1.29 is 27.6 Å². The Labute approximate surface area is 155 Å². The zero-order valence-corrected chi connectivity index (χ0v) is 14.5. The van der Waals surface area contributed by atoms with Gasteiger partial charge in [-0.2, -0.15) is 13.2 Å². The van der Waals surface area contributed by atoms with Crippen molar-refractivity contribution in [2.75, 3.05) is 0 Å². The third kappa shape index (κ3) is 4.44. The molecule has 0 amide bonds. The van der Waals surface area contributed by atoms with Gasteiger partial charge in [-0.25, -0.2) is 0 Å². The number of carbonyl (C=O) groups is 1. The van der Waals surface area contributed by atoms with Crippen molar-refractivity contribution in [2.24, 2.45) is 0 Å². The van der Waals surface area contributed by atoms with Crippen LogP contribution in [0, 0.1) is 10.1 Å². The number of hydrogen-bond donors (Lipinski definition) is 0. The zero-order chi connectivity index (χ0) is 19.6. The van der Waals surface area contributed by atoms with Gasteiger partial charge < -0.3 is 4.74 Å². The van der Waals surface area contributed by atoms with Crippen LogP contribution in [-0.4, -0.2) is 16.7 Å². The second kappa shape index (κ2) is 7.51. The Morgan fingerprint density at radius 2 is 1.77 bits per heavy atom. The van der Waals surface area contributed by atoms with E-state index >= 15 is 0 Å². The molecule has 138 valence electrons. The molecule has 0 radical (unpaired) electrons. The van der Waals surface area contributed by atoms with Crippen LogP contribution in [-0.2, 0) is 6.18 Å². The summed E-state index contributed by atoms with van der Waals surface area (Å²) in [5.74, 6) is -0.937. The highest BCUT2D eigenvalue weighted by molar-refractivity contribution is 6.37. The molecule has 26 heavy (non-hydrogen) atoms. The first-order chi connectivity index (χ1) is 12.0. The molecule has 1 unspecified atom stereocenters. The van der Waals surface area contributed by atoms with Crippen LogP contribution in [0.3, 0.4) is 0 Å². The smallest absolute Gasteiger partial charge is 0.416 e. The molecule has 0 fully saturated rings. The summed E-state index contributed by atoms with van der Waals surface area (Å²) in [4.78, 5) is 22.0. The van der Waals surface area contributed by atoms with Crippen molar-refractivity contribution in [3.05, 3.63) is 67.7 Å². The highest BCUT2D eigenvalue weighted by atomic mass is 35.5. The molecule has 0 aliphatic rings. The molecule has 0 aliphatic carbocycles. The van der Waals surface area contributed by atoms with Crippen molar-refractivity contribution in [2.45, 2.75) is 19.1 Å². The first kappa shape index (κ1) is 20.0. The molecule has 2 aromatic carbocycles. The van der Waals surface area contributed by atoms with Crippen LogP contribution in [0.25, 0.3) is 0 Å². The van der Waals surface area contributed by atoms with Crippen molar-refractivity contribution >= 4 is 29.0 Å². The Morgan fingerprint density at radius 1 is 1.19 bits per heavy atom. The van der Waals surface area contributed by atoms with E-state index in [0.717, 1.165) is 6.92 Å². The first-order valence-corrected chi connectivity index (χ1v) is 7.78. The number of nitrogens with zero attached hydrogens (tertiary/aromatic N) is 1. The van der Waals surface area contributed by atoms with E-state index in [1.807, 2.05) is 0 Å². The van der Waals surface area contributed by atoms with Gasteiger partial charge in [0.25, 0.3) is 6.04 Å². The number of carbonyl (C=O) groups excluding carboxylic acids is 1. The maximum Gasteiger partial charge on any atom is 0.416 e. The van der Waals surface area contributed by atoms with Crippen molar-refractivity contribution in [3.63, 3.8) is 0 Å². The normalized spacial score (nSPS) is 12.5. The Kier molecular flexibility index (Phi) is 5.77. The molecule has 0 N–H and O–H groups in total. The second-order valence-corrected chi connectivity index (χ2v) is 6.04. The molecule has 0 saturated carbocycles. The molecule has 10 heteroatoms. The standard InChI is InChI=1S/C16H10Cl2F3NO4/c1-8(22(24)25)14(23)9-3-2-4-11(5-9)26-15-12(17)6-10(7-13(15)18)16(19,20)21/h2-8H,1H3. The molecule has 1 atom stereocenters. The van der Waals surface area contributed by atoms with E-state index in [1.165, 1.54) is 24.3 Å². The number of benzene rings is 2. The Morgan fingerprint density at radius 3 is 2.27 bits per heavy atom.